The molecular weight excluding hydrogens is 1650 g/mol. The summed E-state index contributed by atoms with van der Waals surface area (Å²) in [5.41, 5.74) is 13.5. The molecule has 0 aliphatic carbocycles. The highest BCUT2D eigenvalue weighted by Crippen LogP contribution is 2.64. The molecular formula is C57H72N20O27P4S4. The molecule has 8 aromatic rings. The van der Waals surface area contributed by atoms with E-state index in [1.165, 1.54) is 65.8 Å². The standard InChI is InChI=1S/C57H72N20O27P4S4/c1-7-24-25(8-29(96-24)75-16-62-30-40(75)66-50(59)69-44(30)80)101-105(85,109)89-12-27-26(9-28(97-27)73-11-20(3)43(79)72-54(73)84)102-106(86,110)91-14-56-22(5)94-34(48(99-56)76-17-63-31-41(76)67-51(60)70-45(31)81)37(56)104-108(88,112)92-15-57-23(6)95-35(49(100-57)77-18-64-32-42(77)68-52(61)71-46(32)82)38(57)103-107(87,111)90-13-55-21(4)93-33(36(55)78)47(98-55)74-10-19(2)39(58)65-53(74)83/h10-11,16-18,21-29,33-38,47-49,78H,7-9,12-15H2,1-6H3,(H,85,109)(H,86,110)(H,87,111)(H,88,112)(H2,58,65,83)(H,72,79,84)(H3,59,66,69,80)(H3,60,67,70,81)(H3,61,68,71,82)/t21-,22-,23-,24+,25?,26?,27+,28+,29+,33-,34-,35-,36?,37?,38?,47+,48+,49+,55+,56+,57+,105?,106?,107?,108?/m0/s1. The van der Waals surface area contributed by atoms with Crippen LogP contribution in [-0.2, 0) is 114 Å². The number of H-pyrrole nitrogens is 4. The number of rotatable bonds is 26. The van der Waals surface area contributed by atoms with Crippen LogP contribution in [-0.4, -0.2) is 220 Å². The third kappa shape index (κ3) is 13.8. The molecule has 8 aromatic heterocycles. The number of aliphatic hydroxyl groups is 1. The number of fused-ring (bicyclic) bond motifs is 9. The molecule has 0 saturated carbocycles. The first-order valence-corrected chi connectivity index (χ1v) is 44.7. The fourth-order valence-electron chi connectivity index (χ4n) is 15.4. The minimum absolute atomic E-state index is 0.00850. The Hall–Kier alpha value is -6.46. The number of hydrogen-bond donors (Lipinski definition) is 13. The Morgan fingerprint density at radius 2 is 0.973 bits per heavy atom. The van der Waals surface area contributed by atoms with Gasteiger partial charge in [-0.1, -0.05) is 19.2 Å². The number of thiol groups is 1. The maximum atomic E-state index is 15.2. The lowest BCUT2D eigenvalue weighted by Crippen LogP contribution is -2.51. The largest absolute Gasteiger partial charge is 0.387 e. The van der Waals surface area contributed by atoms with Gasteiger partial charge in [0.25, 0.3) is 22.2 Å². The van der Waals surface area contributed by atoms with Gasteiger partial charge in [0.2, 0.25) is 17.8 Å². The Labute approximate surface area is 646 Å². The lowest BCUT2D eigenvalue weighted by molar-refractivity contribution is -0.218. The zero-order valence-corrected chi connectivity index (χ0v) is 66.0. The molecule has 8 fully saturated rings. The molecule has 6 bridgehead atoms. The van der Waals surface area contributed by atoms with Crippen molar-refractivity contribution in [2.45, 2.75) is 188 Å². The zero-order valence-electron chi connectivity index (χ0n) is 59.0. The van der Waals surface area contributed by atoms with Crippen LogP contribution in [0.4, 0.5) is 23.7 Å². The van der Waals surface area contributed by atoms with E-state index in [-0.39, 0.29) is 75.6 Å². The van der Waals surface area contributed by atoms with Crippen molar-refractivity contribution in [2.24, 2.45) is 0 Å². The van der Waals surface area contributed by atoms with Crippen molar-refractivity contribution in [1.82, 2.24) is 77.7 Å². The van der Waals surface area contributed by atoms with Gasteiger partial charge in [0.05, 0.1) is 75.9 Å². The summed E-state index contributed by atoms with van der Waals surface area (Å²) in [4.78, 5) is 153. The lowest BCUT2D eigenvalue weighted by Gasteiger charge is -2.38. The van der Waals surface area contributed by atoms with E-state index in [9.17, 15) is 48.6 Å². The molecule has 16 heterocycles. The fourth-order valence-corrected chi connectivity index (χ4v) is 21.3. The molecule has 0 radical (unpaired) electrons. The first kappa shape index (κ1) is 79.4. The molecule has 606 valence electrons. The number of nitrogens with zero attached hydrogens (tertiary/aromatic N) is 12. The first-order valence-electron chi connectivity index (χ1n) is 34.3. The average molecular weight is 1720 g/mol. The van der Waals surface area contributed by atoms with E-state index >= 15 is 4.57 Å². The number of aromatic nitrogens is 16. The van der Waals surface area contributed by atoms with Gasteiger partial charge in [-0.3, -0.25) is 80.0 Å². The Bertz CT molecular complexity index is 5720. The van der Waals surface area contributed by atoms with Crippen molar-refractivity contribution in [3.05, 3.63) is 105 Å². The van der Waals surface area contributed by atoms with E-state index in [2.05, 4.69) is 67.1 Å². The zero-order chi connectivity index (χ0) is 79.7. The topological polar surface area (TPSA) is 630 Å². The van der Waals surface area contributed by atoms with Gasteiger partial charge < -0.3 is 98.7 Å². The number of hydrogen-bond acceptors (Lipinski definition) is 38. The van der Waals surface area contributed by atoms with Crippen LogP contribution in [0.5, 0.6) is 0 Å². The van der Waals surface area contributed by atoms with Gasteiger partial charge in [-0.25, -0.2) is 29.1 Å². The van der Waals surface area contributed by atoms with Crippen LogP contribution in [0.25, 0.3) is 33.5 Å². The smallest absolute Gasteiger partial charge is 0.386 e. The minimum Gasteiger partial charge on any atom is -0.387 e. The van der Waals surface area contributed by atoms with Gasteiger partial charge in [-0.15, -0.1) is 0 Å². The summed E-state index contributed by atoms with van der Waals surface area (Å²) < 4.78 is 123. The Kier molecular flexibility index (Phi) is 20.4. The monoisotopic (exact) mass is 1720 g/mol. The van der Waals surface area contributed by atoms with E-state index in [1.807, 2.05) is 0 Å². The van der Waals surface area contributed by atoms with Crippen LogP contribution in [0.2, 0.25) is 0 Å². The second kappa shape index (κ2) is 28.7. The molecule has 0 aromatic carbocycles. The number of aliphatic hydroxyl groups excluding tert-OH is 1. The highest BCUT2D eigenvalue weighted by atomic mass is 32.7. The fraction of sp³-hybridized carbons (Fsp3) is 0.596. The van der Waals surface area contributed by atoms with E-state index in [4.69, 9.17) is 132 Å². The van der Waals surface area contributed by atoms with Crippen LogP contribution >= 0.6 is 39.2 Å². The predicted molar refractivity (Wildman–Crippen MR) is 396 cm³/mol. The van der Waals surface area contributed by atoms with Crippen molar-refractivity contribution in [1.29, 1.82) is 0 Å². The molecule has 112 heavy (non-hydrogen) atoms. The van der Waals surface area contributed by atoms with E-state index in [1.54, 1.807) is 20.8 Å². The SMILES string of the molecule is CC[C@H]1O[C@@H](n2cnc3c(=O)[nH]c(N)nc32)CC1OP(O)(=S)OC[C@H]1O[C@@H](n2cc(C)c(=O)[nH]c2=O)CC1OP(=O)(S)OC[C@@]12O[C@@H](n3cnc4c(=O)[nH]c(N)nc43)[C@@H](O[C@H]1C)C2OP(O)(=S)OC[C@@]12O[C@@H](n3cnc4c(=O)[nH]c(N)nc43)[C@@H](O[C@H]1C)C2OP(O)(=S)OC[C@@]12O[C@@H](n3cc(C)c(N)nc3=O)[C@@H](O[C@H]1C)C2O. The summed E-state index contributed by atoms with van der Waals surface area (Å²) >= 11 is 21.6. The first-order chi connectivity index (χ1) is 52.8. The van der Waals surface area contributed by atoms with Gasteiger partial charge in [-0.2, -0.15) is 19.9 Å². The second-order valence-corrected chi connectivity index (χ2v) is 39.1. The normalized spacial score (nSPS) is 34.8. The van der Waals surface area contributed by atoms with Gasteiger partial charge >= 0.3 is 38.3 Å². The van der Waals surface area contributed by atoms with Gasteiger partial charge in [-0.05, 0) is 76.5 Å². The molecule has 16 rings (SSSR count). The highest BCUT2D eigenvalue weighted by molar-refractivity contribution is 8.44. The number of ether oxygens (including phenoxy) is 8. The molecule has 0 amide bonds. The van der Waals surface area contributed by atoms with Crippen molar-refractivity contribution in [3.63, 3.8) is 0 Å². The minimum atomic E-state index is -4.89. The summed E-state index contributed by atoms with van der Waals surface area (Å²) in [6.45, 7) is -12.4. The van der Waals surface area contributed by atoms with Crippen LogP contribution in [0.3, 0.4) is 0 Å². The molecule has 9 unspecified atom stereocenters. The Balaban J connectivity index is 0.667. The van der Waals surface area contributed by atoms with Gasteiger partial charge in [0.15, 0.2) is 52.2 Å². The maximum absolute atomic E-state index is 15.2. The predicted octanol–water partition coefficient (Wildman–Crippen LogP) is -1.06. The van der Waals surface area contributed by atoms with Crippen LogP contribution in [0.1, 0.15) is 89.2 Å². The van der Waals surface area contributed by atoms with Gasteiger partial charge in [0, 0.05) is 36.4 Å². The van der Waals surface area contributed by atoms with Crippen molar-refractivity contribution in [2.75, 3.05) is 49.4 Å². The number of anilines is 4. The molecule has 8 aliphatic rings. The molecule has 8 aliphatic heterocycles. The Morgan fingerprint density at radius 1 is 0.545 bits per heavy atom. The van der Waals surface area contributed by atoms with Crippen LogP contribution in [0, 0.1) is 13.8 Å². The van der Waals surface area contributed by atoms with E-state index in [0.29, 0.717) is 12.0 Å². The molecule has 0 spiro atoms. The van der Waals surface area contributed by atoms with Gasteiger partial charge in [0.1, 0.15) is 83.9 Å². The van der Waals surface area contributed by atoms with Crippen molar-refractivity contribution < 1.29 is 98.4 Å². The van der Waals surface area contributed by atoms with Crippen LogP contribution < -0.4 is 56.6 Å². The molecule has 47 nitrogen and oxygen atoms in total. The summed E-state index contributed by atoms with van der Waals surface area (Å²) in [6, 6.07) is 0. The molecule has 8 saturated heterocycles. The average Bonchev–Trinajstić information content (AvgIpc) is 1.55. The van der Waals surface area contributed by atoms with Crippen LogP contribution in [0.15, 0.2) is 60.1 Å². The summed E-state index contributed by atoms with van der Waals surface area (Å²) in [5.74, 6) is -0.833. The number of nitrogens with two attached hydrogens (primary N) is 4. The summed E-state index contributed by atoms with van der Waals surface area (Å²) in [6.07, 6.45) is -16.2. The second-order valence-electron chi connectivity index (χ2n) is 27.8. The van der Waals surface area contributed by atoms with E-state index in [0.717, 1.165) is 9.13 Å². The number of nitrogen functional groups attached to an aromatic ring is 4. The maximum Gasteiger partial charge on any atom is 0.386 e. The lowest BCUT2D eigenvalue weighted by atomic mass is 9.94. The molecule has 25 atom stereocenters. The third-order valence-corrected chi connectivity index (χ3v) is 27.3. The highest BCUT2D eigenvalue weighted by Gasteiger charge is 2.72. The number of nitrogens with one attached hydrogen (secondary N) is 4. The van der Waals surface area contributed by atoms with Crippen molar-refractivity contribution in [3.8, 4) is 0 Å². The molecule has 55 heteroatoms. The summed E-state index contributed by atoms with van der Waals surface area (Å²) in [5, 5.41) is 11.8. The quantitative estimate of drug-likeness (QED) is 0.0227. The molecule has 16 N–H and O–H groups in total. The number of aromatic amines is 4. The van der Waals surface area contributed by atoms with E-state index < -0.39 is 214 Å². The van der Waals surface area contributed by atoms with Crippen molar-refractivity contribution >= 4 is 132 Å². The number of imidazole rings is 3. The third-order valence-electron chi connectivity index (χ3n) is 21.1. The number of aryl methyl sites for hydroxylation is 2. The summed E-state index contributed by atoms with van der Waals surface area (Å²) in [7, 11) is 0. The Morgan fingerprint density at radius 3 is 1.51 bits per heavy atom.